The molecule has 0 fully saturated rings. The Morgan fingerprint density at radius 2 is 2.15 bits per heavy atom. The second kappa shape index (κ2) is 4.27. The molecule has 0 spiro atoms. The number of nitrogens with zero attached hydrogens (tertiary/aromatic N) is 1. The third-order valence-electron chi connectivity index (χ3n) is 2.05. The van der Waals surface area contributed by atoms with Gasteiger partial charge in [-0.1, -0.05) is 36.7 Å². The highest BCUT2D eigenvalue weighted by molar-refractivity contribution is 9.09. The summed E-state index contributed by atoms with van der Waals surface area (Å²) in [5.74, 6) is 0. The van der Waals surface area contributed by atoms with Crippen LogP contribution in [0.1, 0.15) is 38.4 Å². The zero-order valence-corrected chi connectivity index (χ0v) is 10.1. The van der Waals surface area contributed by atoms with Crippen molar-refractivity contribution in [2.24, 2.45) is 0 Å². The van der Waals surface area contributed by atoms with Crippen LogP contribution < -0.4 is 0 Å². The van der Waals surface area contributed by atoms with E-state index in [-0.39, 0.29) is 5.41 Å². The fourth-order valence-electron chi connectivity index (χ4n) is 1.41. The van der Waals surface area contributed by atoms with Crippen molar-refractivity contribution in [3.8, 4) is 0 Å². The van der Waals surface area contributed by atoms with Crippen LogP contribution in [0, 0.1) is 0 Å². The zero-order valence-electron chi connectivity index (χ0n) is 8.52. The van der Waals surface area contributed by atoms with Gasteiger partial charge in [-0.05, 0) is 18.4 Å². The van der Waals surface area contributed by atoms with E-state index in [1.807, 2.05) is 6.20 Å². The smallest absolute Gasteiger partial charge is 0.0522 e. The first-order valence-electron chi connectivity index (χ1n) is 4.64. The molecule has 0 saturated heterocycles. The molecular formula is C10H17BrN2. The second-order valence-corrected chi connectivity index (χ2v) is 5.11. The molecule has 0 aliphatic heterocycles. The number of hydrogen-bond donors (Lipinski definition) is 1. The van der Waals surface area contributed by atoms with Gasteiger partial charge in [0.05, 0.1) is 6.20 Å². The summed E-state index contributed by atoms with van der Waals surface area (Å²) >= 11 is 3.44. The summed E-state index contributed by atoms with van der Waals surface area (Å²) in [6.45, 7) is 6.62. The van der Waals surface area contributed by atoms with E-state index >= 15 is 0 Å². The maximum Gasteiger partial charge on any atom is 0.0522 e. The van der Waals surface area contributed by atoms with Gasteiger partial charge in [0.25, 0.3) is 0 Å². The Hall–Kier alpha value is -0.310. The molecule has 1 rings (SSSR count). The van der Waals surface area contributed by atoms with Crippen LogP contribution in [0.3, 0.4) is 0 Å². The molecule has 0 aliphatic carbocycles. The number of rotatable bonds is 3. The highest BCUT2D eigenvalue weighted by Crippen LogP contribution is 2.24. The second-order valence-electron chi connectivity index (χ2n) is 4.31. The maximum absolute atomic E-state index is 4.10. The predicted molar refractivity (Wildman–Crippen MR) is 59.4 cm³/mol. The lowest BCUT2D eigenvalue weighted by molar-refractivity contribution is 0.559. The number of aryl methyl sites for hydroxylation is 1. The van der Waals surface area contributed by atoms with E-state index in [4.69, 9.17) is 0 Å². The Morgan fingerprint density at radius 1 is 1.46 bits per heavy atom. The van der Waals surface area contributed by atoms with E-state index in [1.54, 1.807) is 0 Å². The van der Waals surface area contributed by atoms with Gasteiger partial charge in [0, 0.05) is 16.4 Å². The normalized spacial score (nSPS) is 12.0. The first-order valence-corrected chi connectivity index (χ1v) is 5.76. The largest absolute Gasteiger partial charge is 0.282 e. The number of aromatic amines is 1. The average molecular weight is 245 g/mol. The lowest BCUT2D eigenvalue weighted by Gasteiger charge is -2.18. The van der Waals surface area contributed by atoms with Crippen LogP contribution >= 0.6 is 15.9 Å². The summed E-state index contributed by atoms with van der Waals surface area (Å²) in [6, 6.07) is 0. The SMILES string of the molecule is CC(C)(C)c1[nH]ncc1CCCBr. The monoisotopic (exact) mass is 244 g/mol. The van der Waals surface area contributed by atoms with E-state index in [1.165, 1.54) is 17.7 Å². The fraction of sp³-hybridized carbons (Fsp3) is 0.700. The van der Waals surface area contributed by atoms with E-state index in [0.717, 1.165) is 11.8 Å². The minimum absolute atomic E-state index is 0.179. The van der Waals surface area contributed by atoms with Gasteiger partial charge in [0.1, 0.15) is 0 Å². The van der Waals surface area contributed by atoms with Crippen molar-refractivity contribution >= 4 is 15.9 Å². The van der Waals surface area contributed by atoms with Crippen LogP contribution in [0.4, 0.5) is 0 Å². The van der Waals surface area contributed by atoms with Crippen molar-refractivity contribution in [1.29, 1.82) is 0 Å². The van der Waals surface area contributed by atoms with Crippen molar-refractivity contribution in [3.05, 3.63) is 17.5 Å². The Balaban J connectivity index is 2.77. The fourth-order valence-corrected chi connectivity index (χ4v) is 1.69. The summed E-state index contributed by atoms with van der Waals surface area (Å²) in [5.41, 5.74) is 2.80. The number of alkyl halides is 1. The number of H-pyrrole nitrogens is 1. The molecule has 1 aromatic rings. The third-order valence-corrected chi connectivity index (χ3v) is 2.61. The number of halogens is 1. The molecule has 74 valence electrons. The Bertz CT molecular complexity index is 260. The predicted octanol–water partition coefficient (Wildman–Crippen LogP) is 3.03. The van der Waals surface area contributed by atoms with Gasteiger partial charge < -0.3 is 0 Å². The van der Waals surface area contributed by atoms with Crippen LogP contribution in [-0.2, 0) is 11.8 Å². The van der Waals surface area contributed by atoms with Gasteiger partial charge in [-0.15, -0.1) is 0 Å². The van der Waals surface area contributed by atoms with Crippen LogP contribution in [-0.4, -0.2) is 15.5 Å². The summed E-state index contributed by atoms with van der Waals surface area (Å²) < 4.78 is 0. The highest BCUT2D eigenvalue weighted by Gasteiger charge is 2.19. The molecule has 0 radical (unpaired) electrons. The standard InChI is InChI=1S/C10H17BrN2/c1-10(2,3)9-8(5-4-6-11)7-12-13-9/h7H,4-6H2,1-3H3,(H,12,13). The topological polar surface area (TPSA) is 28.7 Å². The van der Waals surface area contributed by atoms with E-state index in [9.17, 15) is 0 Å². The molecule has 0 atom stereocenters. The molecule has 0 saturated carbocycles. The summed E-state index contributed by atoms with van der Waals surface area (Å²) in [6.07, 6.45) is 4.22. The molecular weight excluding hydrogens is 228 g/mol. The minimum Gasteiger partial charge on any atom is -0.282 e. The van der Waals surface area contributed by atoms with Gasteiger partial charge in [0.15, 0.2) is 0 Å². The van der Waals surface area contributed by atoms with E-state index in [0.29, 0.717) is 0 Å². The van der Waals surface area contributed by atoms with Gasteiger partial charge in [-0.25, -0.2) is 0 Å². The Labute approximate surface area is 88.3 Å². The quantitative estimate of drug-likeness (QED) is 0.814. The Morgan fingerprint density at radius 3 is 2.69 bits per heavy atom. The summed E-state index contributed by atoms with van der Waals surface area (Å²) in [5, 5.41) is 8.25. The molecule has 13 heavy (non-hydrogen) atoms. The van der Waals surface area contributed by atoms with Crippen LogP contribution in [0.2, 0.25) is 0 Å². The molecule has 0 amide bonds. The lowest BCUT2D eigenvalue weighted by Crippen LogP contribution is -2.14. The van der Waals surface area contributed by atoms with Crippen LogP contribution in [0.5, 0.6) is 0 Å². The number of aromatic nitrogens is 2. The highest BCUT2D eigenvalue weighted by atomic mass is 79.9. The third kappa shape index (κ3) is 2.83. The van der Waals surface area contributed by atoms with Crippen molar-refractivity contribution in [2.45, 2.75) is 39.0 Å². The molecule has 1 aromatic heterocycles. The molecule has 0 aromatic carbocycles. The first kappa shape index (κ1) is 10.8. The first-order chi connectivity index (χ1) is 6.05. The summed E-state index contributed by atoms with van der Waals surface area (Å²) in [4.78, 5) is 0. The van der Waals surface area contributed by atoms with Crippen LogP contribution in [0.25, 0.3) is 0 Å². The van der Waals surface area contributed by atoms with Crippen molar-refractivity contribution in [3.63, 3.8) is 0 Å². The van der Waals surface area contributed by atoms with Gasteiger partial charge in [0.2, 0.25) is 0 Å². The lowest BCUT2D eigenvalue weighted by atomic mass is 9.88. The molecule has 0 aliphatic rings. The minimum atomic E-state index is 0.179. The van der Waals surface area contributed by atoms with Crippen molar-refractivity contribution in [1.82, 2.24) is 10.2 Å². The summed E-state index contributed by atoms with van der Waals surface area (Å²) in [7, 11) is 0. The maximum atomic E-state index is 4.10. The zero-order chi connectivity index (χ0) is 9.90. The van der Waals surface area contributed by atoms with E-state index < -0.39 is 0 Å². The van der Waals surface area contributed by atoms with Gasteiger partial charge in [-0.2, -0.15) is 5.10 Å². The Kier molecular flexibility index (Phi) is 3.54. The van der Waals surface area contributed by atoms with Crippen molar-refractivity contribution < 1.29 is 0 Å². The molecule has 1 heterocycles. The molecule has 2 nitrogen and oxygen atoms in total. The van der Waals surface area contributed by atoms with Crippen LogP contribution in [0.15, 0.2) is 6.20 Å². The van der Waals surface area contributed by atoms with Crippen molar-refractivity contribution in [2.75, 3.05) is 5.33 Å². The van der Waals surface area contributed by atoms with Gasteiger partial charge >= 0.3 is 0 Å². The molecule has 0 unspecified atom stereocenters. The molecule has 1 N–H and O–H groups in total. The average Bonchev–Trinajstić information content (AvgIpc) is 2.47. The molecule has 0 bridgehead atoms. The van der Waals surface area contributed by atoms with E-state index in [2.05, 4.69) is 46.9 Å². The number of nitrogens with one attached hydrogen (secondary N) is 1. The number of hydrogen-bond acceptors (Lipinski definition) is 1. The van der Waals surface area contributed by atoms with Gasteiger partial charge in [-0.3, -0.25) is 5.10 Å². The molecule has 3 heteroatoms.